The van der Waals surface area contributed by atoms with Gasteiger partial charge in [0.05, 0.1) is 15.6 Å². The summed E-state index contributed by atoms with van der Waals surface area (Å²) in [6.07, 6.45) is 4.50. The molecule has 2 heterocycles. The van der Waals surface area contributed by atoms with Gasteiger partial charge in [0.25, 0.3) is 5.91 Å². The monoisotopic (exact) mass is 326 g/mol. The lowest BCUT2D eigenvalue weighted by atomic mass is 9.97. The van der Waals surface area contributed by atoms with E-state index in [1.165, 1.54) is 12.8 Å². The van der Waals surface area contributed by atoms with Crippen molar-refractivity contribution in [3.63, 3.8) is 0 Å². The van der Waals surface area contributed by atoms with Crippen LogP contribution >= 0.6 is 23.2 Å². The van der Waals surface area contributed by atoms with Crippen molar-refractivity contribution in [3.8, 4) is 0 Å². The highest BCUT2D eigenvalue weighted by Gasteiger charge is 2.37. The number of amides is 1. The largest absolute Gasteiger partial charge is 0.336 e. The molecular weight excluding hydrogens is 307 g/mol. The maximum atomic E-state index is 12.9. The smallest absolute Gasteiger partial charge is 0.257 e. The SMILES string of the molecule is CCN(C(=O)c1c(Cl)cccc1Cl)C1CC2CCC(C1)N2. The molecule has 2 unspecified atom stereocenters. The normalized spacial score (nSPS) is 27.7. The van der Waals surface area contributed by atoms with Gasteiger partial charge in [0.15, 0.2) is 0 Å². The molecule has 1 N–H and O–H groups in total. The second-order valence-corrected chi connectivity index (χ2v) is 6.77. The average molecular weight is 327 g/mol. The standard InChI is InChI=1S/C16H20Cl2N2O/c1-2-20(12-8-10-6-7-11(9-12)19-10)16(21)15-13(17)4-3-5-14(15)18/h3-5,10-12,19H,2,6-9H2,1H3. The Balaban J connectivity index is 1.84. The van der Waals surface area contributed by atoms with Crippen LogP contribution in [0.1, 0.15) is 43.0 Å². The Morgan fingerprint density at radius 3 is 2.33 bits per heavy atom. The summed E-state index contributed by atoms with van der Waals surface area (Å²) in [5.41, 5.74) is 0.438. The molecule has 0 aliphatic carbocycles. The second kappa shape index (κ2) is 6.15. The van der Waals surface area contributed by atoms with Crippen LogP contribution in [0.15, 0.2) is 18.2 Å². The molecule has 114 valence electrons. The van der Waals surface area contributed by atoms with Crippen molar-refractivity contribution in [2.24, 2.45) is 0 Å². The van der Waals surface area contributed by atoms with E-state index >= 15 is 0 Å². The van der Waals surface area contributed by atoms with Crippen molar-refractivity contribution in [2.75, 3.05) is 6.54 Å². The fourth-order valence-corrected chi connectivity index (χ4v) is 4.25. The molecule has 0 radical (unpaired) electrons. The van der Waals surface area contributed by atoms with Crippen LogP contribution in [0.5, 0.6) is 0 Å². The first kappa shape index (κ1) is 15.1. The number of piperidine rings is 1. The summed E-state index contributed by atoms with van der Waals surface area (Å²) in [7, 11) is 0. The van der Waals surface area contributed by atoms with Crippen molar-refractivity contribution < 1.29 is 4.79 Å². The van der Waals surface area contributed by atoms with Gasteiger partial charge in [-0.1, -0.05) is 29.3 Å². The lowest BCUT2D eigenvalue weighted by Gasteiger charge is -2.37. The van der Waals surface area contributed by atoms with Crippen LogP contribution in [0.4, 0.5) is 0 Å². The highest BCUT2D eigenvalue weighted by atomic mass is 35.5. The topological polar surface area (TPSA) is 32.3 Å². The Hall–Kier alpha value is -0.770. The molecule has 0 spiro atoms. The molecule has 1 aromatic rings. The van der Waals surface area contributed by atoms with Gasteiger partial charge in [0.2, 0.25) is 0 Å². The third-order valence-corrected chi connectivity index (χ3v) is 5.30. The zero-order chi connectivity index (χ0) is 15.0. The summed E-state index contributed by atoms with van der Waals surface area (Å²) in [5, 5.41) is 4.48. The van der Waals surface area contributed by atoms with Crippen LogP contribution in [0, 0.1) is 0 Å². The van der Waals surface area contributed by atoms with E-state index in [-0.39, 0.29) is 11.9 Å². The molecule has 3 nitrogen and oxygen atoms in total. The summed E-state index contributed by atoms with van der Waals surface area (Å²) < 4.78 is 0. The summed E-state index contributed by atoms with van der Waals surface area (Å²) in [6.45, 7) is 2.71. The van der Waals surface area contributed by atoms with Gasteiger partial charge in [-0.25, -0.2) is 0 Å². The van der Waals surface area contributed by atoms with E-state index in [9.17, 15) is 4.79 Å². The van der Waals surface area contributed by atoms with Gasteiger partial charge in [-0.05, 0) is 44.7 Å². The van der Waals surface area contributed by atoms with Crippen LogP contribution in [0.25, 0.3) is 0 Å². The van der Waals surface area contributed by atoms with Gasteiger partial charge in [0.1, 0.15) is 0 Å². The van der Waals surface area contributed by atoms with E-state index < -0.39 is 0 Å². The number of carbonyl (C=O) groups is 1. The number of fused-ring (bicyclic) bond motifs is 2. The first-order valence-corrected chi connectivity index (χ1v) is 8.36. The van der Waals surface area contributed by atoms with E-state index in [0.29, 0.717) is 34.2 Å². The van der Waals surface area contributed by atoms with Gasteiger partial charge in [-0.15, -0.1) is 0 Å². The molecule has 1 amide bonds. The highest BCUT2D eigenvalue weighted by molar-refractivity contribution is 6.39. The molecule has 2 fully saturated rings. The fraction of sp³-hybridized carbons (Fsp3) is 0.562. The number of hydrogen-bond donors (Lipinski definition) is 1. The van der Waals surface area contributed by atoms with Crippen LogP contribution in [0.3, 0.4) is 0 Å². The van der Waals surface area contributed by atoms with E-state index in [1.807, 2.05) is 11.8 Å². The molecule has 2 aliphatic rings. The van der Waals surface area contributed by atoms with E-state index in [1.54, 1.807) is 18.2 Å². The minimum Gasteiger partial charge on any atom is -0.336 e. The van der Waals surface area contributed by atoms with Crippen molar-refractivity contribution in [1.29, 1.82) is 0 Å². The van der Waals surface area contributed by atoms with Crippen LogP contribution in [-0.2, 0) is 0 Å². The fourth-order valence-electron chi connectivity index (χ4n) is 3.70. The summed E-state index contributed by atoms with van der Waals surface area (Å²) in [4.78, 5) is 14.8. The van der Waals surface area contributed by atoms with Gasteiger partial charge >= 0.3 is 0 Å². The maximum absolute atomic E-state index is 12.9. The molecular formula is C16H20Cl2N2O. The zero-order valence-corrected chi connectivity index (χ0v) is 13.6. The zero-order valence-electron chi connectivity index (χ0n) is 12.1. The summed E-state index contributed by atoms with van der Waals surface area (Å²) >= 11 is 12.4. The molecule has 21 heavy (non-hydrogen) atoms. The van der Waals surface area contributed by atoms with Gasteiger partial charge in [0, 0.05) is 24.7 Å². The third kappa shape index (κ3) is 2.92. The number of nitrogens with zero attached hydrogens (tertiary/aromatic N) is 1. The van der Waals surface area contributed by atoms with Gasteiger partial charge in [-0.3, -0.25) is 4.79 Å². The molecule has 2 atom stereocenters. The van der Waals surface area contributed by atoms with Crippen LogP contribution < -0.4 is 5.32 Å². The number of hydrogen-bond acceptors (Lipinski definition) is 2. The van der Waals surface area contributed by atoms with Crippen molar-refractivity contribution >= 4 is 29.1 Å². The quantitative estimate of drug-likeness (QED) is 0.917. The van der Waals surface area contributed by atoms with Crippen molar-refractivity contribution in [1.82, 2.24) is 10.2 Å². The predicted molar refractivity (Wildman–Crippen MR) is 86.1 cm³/mol. The Kier molecular flexibility index (Phi) is 4.43. The molecule has 0 saturated carbocycles. The maximum Gasteiger partial charge on any atom is 0.257 e. The lowest BCUT2D eigenvalue weighted by molar-refractivity contribution is 0.0631. The van der Waals surface area contributed by atoms with Crippen LogP contribution in [-0.4, -0.2) is 35.5 Å². The highest BCUT2D eigenvalue weighted by Crippen LogP contribution is 2.32. The first-order valence-electron chi connectivity index (χ1n) is 7.61. The van der Waals surface area contributed by atoms with Gasteiger partial charge in [-0.2, -0.15) is 0 Å². The summed E-state index contributed by atoms with van der Waals surface area (Å²) in [6, 6.07) is 6.60. The predicted octanol–water partition coefficient (Wildman–Crippen LogP) is 3.74. The van der Waals surface area contributed by atoms with Gasteiger partial charge < -0.3 is 10.2 Å². The van der Waals surface area contributed by atoms with Crippen LogP contribution in [0.2, 0.25) is 10.0 Å². The number of carbonyl (C=O) groups excluding carboxylic acids is 1. The first-order chi connectivity index (χ1) is 10.1. The van der Waals surface area contributed by atoms with E-state index in [4.69, 9.17) is 23.2 Å². The average Bonchev–Trinajstić information content (AvgIpc) is 2.78. The molecule has 1 aromatic carbocycles. The lowest BCUT2D eigenvalue weighted by Crippen LogP contribution is -2.50. The number of benzene rings is 1. The second-order valence-electron chi connectivity index (χ2n) is 5.95. The molecule has 2 aliphatic heterocycles. The molecule has 5 heteroatoms. The summed E-state index contributed by atoms with van der Waals surface area (Å²) in [5.74, 6) is -0.0422. The molecule has 3 rings (SSSR count). The minimum atomic E-state index is -0.0422. The Morgan fingerprint density at radius 2 is 1.81 bits per heavy atom. The molecule has 2 saturated heterocycles. The molecule has 0 aromatic heterocycles. The van der Waals surface area contributed by atoms with E-state index in [2.05, 4.69) is 5.32 Å². The minimum absolute atomic E-state index is 0.0422. The van der Waals surface area contributed by atoms with Crippen molar-refractivity contribution in [3.05, 3.63) is 33.8 Å². The Bertz CT molecular complexity index is 517. The Labute approximate surface area is 135 Å². The number of nitrogens with one attached hydrogen (secondary N) is 1. The third-order valence-electron chi connectivity index (χ3n) is 4.67. The Morgan fingerprint density at radius 1 is 1.24 bits per heavy atom. The van der Waals surface area contributed by atoms with Crippen molar-refractivity contribution in [2.45, 2.75) is 50.7 Å². The number of rotatable bonds is 3. The molecule has 2 bridgehead atoms. The number of halogens is 2. The van der Waals surface area contributed by atoms with E-state index in [0.717, 1.165) is 12.8 Å².